The molecule has 3 aromatic rings. The first-order valence-electron chi connectivity index (χ1n) is 11.8. The molecule has 0 saturated carbocycles. The van der Waals surface area contributed by atoms with Crippen LogP contribution in [-0.2, 0) is 9.53 Å². The molecule has 1 saturated heterocycles. The van der Waals surface area contributed by atoms with E-state index in [0.29, 0.717) is 30.4 Å². The number of nitrogens with one attached hydrogen (secondary N) is 1. The first kappa shape index (κ1) is 26.2. The van der Waals surface area contributed by atoms with Crippen LogP contribution in [0.2, 0.25) is 0 Å². The summed E-state index contributed by atoms with van der Waals surface area (Å²) in [6.07, 6.45) is 4.67. The number of carbonyl (C=O) groups excluding carboxylic acids is 1. The third kappa shape index (κ3) is 7.81. The summed E-state index contributed by atoms with van der Waals surface area (Å²) in [6, 6.07) is 10.6. The Kier molecular flexibility index (Phi) is 8.78. The van der Waals surface area contributed by atoms with Gasteiger partial charge in [0, 0.05) is 56.3 Å². The minimum Gasteiger partial charge on any atom is -0.489 e. The zero-order valence-electron chi connectivity index (χ0n) is 20.2. The first-order chi connectivity index (χ1) is 17.9. The van der Waals surface area contributed by atoms with Gasteiger partial charge in [-0.2, -0.15) is 8.78 Å². The van der Waals surface area contributed by atoms with E-state index >= 15 is 0 Å². The number of likely N-dealkylation sites (tertiary alicyclic amines) is 1. The van der Waals surface area contributed by atoms with Crippen molar-refractivity contribution in [2.24, 2.45) is 0 Å². The molecular formula is C26H27F3N4O4. The molecule has 1 aliphatic rings. The van der Waals surface area contributed by atoms with E-state index in [1.165, 1.54) is 25.1 Å². The lowest BCUT2D eigenvalue weighted by Crippen LogP contribution is -2.39. The Morgan fingerprint density at radius 3 is 2.43 bits per heavy atom. The minimum atomic E-state index is -2.88. The molecule has 196 valence electrons. The van der Waals surface area contributed by atoms with Gasteiger partial charge in [0.05, 0.1) is 0 Å². The molecule has 0 unspecified atom stereocenters. The van der Waals surface area contributed by atoms with Gasteiger partial charge in [-0.3, -0.25) is 9.69 Å². The van der Waals surface area contributed by atoms with Gasteiger partial charge in [-0.15, -0.1) is 0 Å². The lowest BCUT2D eigenvalue weighted by atomic mass is 10.1. The van der Waals surface area contributed by atoms with E-state index in [-0.39, 0.29) is 23.6 Å². The molecule has 2 aromatic carbocycles. The molecule has 1 aromatic heterocycles. The minimum absolute atomic E-state index is 0.0424. The lowest BCUT2D eigenvalue weighted by Gasteiger charge is -2.31. The number of piperidine rings is 1. The Bertz CT molecular complexity index is 1170. The normalized spacial score (nSPS) is 14.4. The van der Waals surface area contributed by atoms with Gasteiger partial charge in [-0.05, 0) is 42.7 Å². The maximum Gasteiger partial charge on any atom is 0.387 e. The highest BCUT2D eigenvalue weighted by atomic mass is 19.3. The predicted octanol–water partition coefficient (Wildman–Crippen LogP) is 5.03. The predicted molar refractivity (Wildman–Crippen MR) is 131 cm³/mol. The van der Waals surface area contributed by atoms with Crippen LogP contribution in [0.1, 0.15) is 19.8 Å². The largest absolute Gasteiger partial charge is 0.489 e. The second kappa shape index (κ2) is 12.4. The van der Waals surface area contributed by atoms with Gasteiger partial charge in [-0.25, -0.2) is 14.4 Å². The molecule has 0 atom stereocenters. The summed E-state index contributed by atoms with van der Waals surface area (Å²) in [7, 11) is 0. The lowest BCUT2D eigenvalue weighted by molar-refractivity contribution is -0.148. The SMILES string of the molecule is CC(=O)OC1CCN(CCOc2cc(Nc3ncc(-c4ccc(OC(F)F)cc4)cn3)ccc2F)CC1. The number of nitrogens with zero attached hydrogens (tertiary/aromatic N) is 3. The zero-order chi connectivity index (χ0) is 26.2. The van der Waals surface area contributed by atoms with Crippen molar-refractivity contribution in [2.45, 2.75) is 32.5 Å². The Morgan fingerprint density at radius 2 is 1.78 bits per heavy atom. The second-order valence-electron chi connectivity index (χ2n) is 8.47. The number of ether oxygens (including phenoxy) is 3. The molecule has 2 heterocycles. The number of alkyl halides is 2. The van der Waals surface area contributed by atoms with Gasteiger partial charge in [0.1, 0.15) is 18.5 Å². The summed E-state index contributed by atoms with van der Waals surface area (Å²) in [6.45, 7) is 1.04. The highest BCUT2D eigenvalue weighted by molar-refractivity contribution is 5.66. The summed E-state index contributed by atoms with van der Waals surface area (Å²) >= 11 is 0. The summed E-state index contributed by atoms with van der Waals surface area (Å²) in [5, 5.41) is 3.02. The van der Waals surface area contributed by atoms with Crippen molar-refractivity contribution in [1.82, 2.24) is 14.9 Å². The third-order valence-electron chi connectivity index (χ3n) is 5.78. The monoisotopic (exact) mass is 516 g/mol. The molecule has 0 bridgehead atoms. The number of aromatic nitrogens is 2. The van der Waals surface area contributed by atoms with E-state index in [1.807, 2.05) is 0 Å². The number of anilines is 2. The van der Waals surface area contributed by atoms with Crippen molar-refractivity contribution in [3.8, 4) is 22.6 Å². The molecule has 0 aliphatic carbocycles. The Morgan fingerprint density at radius 1 is 1.08 bits per heavy atom. The molecule has 1 fully saturated rings. The van der Waals surface area contributed by atoms with Gasteiger partial charge >= 0.3 is 12.6 Å². The summed E-state index contributed by atoms with van der Waals surface area (Å²) in [5.74, 6) is -0.259. The molecule has 1 aliphatic heterocycles. The van der Waals surface area contributed by atoms with Crippen molar-refractivity contribution < 1.29 is 32.2 Å². The van der Waals surface area contributed by atoms with E-state index in [2.05, 4.69) is 24.9 Å². The molecule has 1 N–H and O–H groups in total. The van der Waals surface area contributed by atoms with Crippen LogP contribution in [0.15, 0.2) is 54.9 Å². The quantitative estimate of drug-likeness (QED) is 0.376. The fourth-order valence-electron chi connectivity index (χ4n) is 3.96. The van der Waals surface area contributed by atoms with E-state index in [9.17, 15) is 18.0 Å². The average molecular weight is 517 g/mol. The van der Waals surface area contributed by atoms with Crippen LogP contribution in [-0.4, -0.2) is 59.8 Å². The van der Waals surface area contributed by atoms with E-state index < -0.39 is 12.4 Å². The number of hydrogen-bond acceptors (Lipinski definition) is 8. The van der Waals surface area contributed by atoms with Crippen LogP contribution in [0, 0.1) is 5.82 Å². The molecule has 4 rings (SSSR count). The zero-order valence-corrected chi connectivity index (χ0v) is 20.2. The summed E-state index contributed by atoms with van der Waals surface area (Å²) < 4.78 is 54.2. The number of hydrogen-bond donors (Lipinski definition) is 1. The van der Waals surface area contributed by atoms with Crippen molar-refractivity contribution >= 4 is 17.6 Å². The number of rotatable bonds is 10. The van der Waals surface area contributed by atoms with E-state index in [1.54, 1.807) is 36.7 Å². The number of carbonyl (C=O) groups is 1. The number of esters is 1. The molecule has 0 radical (unpaired) electrons. The highest BCUT2D eigenvalue weighted by Crippen LogP contribution is 2.26. The highest BCUT2D eigenvalue weighted by Gasteiger charge is 2.21. The fraction of sp³-hybridized carbons (Fsp3) is 0.346. The standard InChI is InChI=1S/C26H27F3N4O4/c1-17(34)36-22-8-10-33(11-9-22)12-13-35-24-14-20(4-7-23(24)27)32-26-30-15-19(16-31-26)18-2-5-21(6-3-18)37-25(28)29/h2-7,14-16,22,25H,8-13H2,1H3,(H,30,31,32). The van der Waals surface area contributed by atoms with Crippen molar-refractivity contribution in [2.75, 3.05) is 31.6 Å². The van der Waals surface area contributed by atoms with Crippen molar-refractivity contribution in [3.63, 3.8) is 0 Å². The summed E-state index contributed by atoms with van der Waals surface area (Å²) in [4.78, 5) is 21.8. The van der Waals surface area contributed by atoms with E-state index in [4.69, 9.17) is 9.47 Å². The Balaban J connectivity index is 1.28. The van der Waals surface area contributed by atoms with Crippen LogP contribution in [0.4, 0.5) is 24.8 Å². The fourth-order valence-corrected chi connectivity index (χ4v) is 3.96. The Hall–Kier alpha value is -3.86. The van der Waals surface area contributed by atoms with Crippen LogP contribution in [0.3, 0.4) is 0 Å². The molecule has 0 amide bonds. The first-order valence-corrected chi connectivity index (χ1v) is 11.8. The molecule has 8 nitrogen and oxygen atoms in total. The summed E-state index contributed by atoms with van der Waals surface area (Å²) in [5.41, 5.74) is 1.98. The van der Waals surface area contributed by atoms with Crippen LogP contribution in [0.5, 0.6) is 11.5 Å². The maximum atomic E-state index is 14.3. The average Bonchev–Trinajstić information content (AvgIpc) is 2.87. The number of benzene rings is 2. The maximum absolute atomic E-state index is 14.3. The van der Waals surface area contributed by atoms with Gasteiger partial charge < -0.3 is 19.5 Å². The van der Waals surface area contributed by atoms with Gasteiger partial charge in [0.15, 0.2) is 11.6 Å². The van der Waals surface area contributed by atoms with Crippen molar-refractivity contribution in [1.29, 1.82) is 0 Å². The second-order valence-corrected chi connectivity index (χ2v) is 8.47. The Labute approximate surface area is 212 Å². The van der Waals surface area contributed by atoms with Crippen LogP contribution >= 0.6 is 0 Å². The molecule has 37 heavy (non-hydrogen) atoms. The molecular weight excluding hydrogens is 489 g/mol. The van der Waals surface area contributed by atoms with Crippen molar-refractivity contribution in [3.05, 3.63) is 60.7 Å². The van der Waals surface area contributed by atoms with Crippen LogP contribution < -0.4 is 14.8 Å². The molecule has 11 heteroatoms. The topological polar surface area (TPSA) is 85.8 Å². The van der Waals surface area contributed by atoms with Gasteiger partial charge in [0.25, 0.3) is 0 Å². The van der Waals surface area contributed by atoms with E-state index in [0.717, 1.165) is 31.5 Å². The molecule has 0 spiro atoms. The van der Waals surface area contributed by atoms with Gasteiger partial charge in [0.2, 0.25) is 5.95 Å². The smallest absolute Gasteiger partial charge is 0.387 e. The van der Waals surface area contributed by atoms with Gasteiger partial charge in [-0.1, -0.05) is 12.1 Å². The van der Waals surface area contributed by atoms with Crippen LogP contribution in [0.25, 0.3) is 11.1 Å². The number of halogens is 3. The third-order valence-corrected chi connectivity index (χ3v) is 5.78.